The average Bonchev–Trinajstić information content (AvgIpc) is 2.88. The fourth-order valence-corrected chi connectivity index (χ4v) is 2.79. The van der Waals surface area contributed by atoms with E-state index in [9.17, 15) is 9.59 Å². The molecule has 1 aliphatic rings. The van der Waals surface area contributed by atoms with Crippen LogP contribution in [0, 0.1) is 5.92 Å². The number of carboxylic acids is 1. The Bertz CT molecular complexity index is 452. The fraction of sp³-hybridized carbons (Fsp3) is 0.545. The number of hydrogen-bond donors (Lipinski definition) is 1. The minimum absolute atomic E-state index is 0.0508. The quantitative estimate of drug-likeness (QED) is 0.832. The molecule has 1 saturated heterocycles. The van der Waals surface area contributed by atoms with Crippen LogP contribution >= 0.6 is 11.3 Å². The summed E-state index contributed by atoms with van der Waals surface area (Å²) >= 11 is 1.16. The number of aromatic nitrogens is 1. The molecule has 0 aromatic carbocycles. The molecule has 18 heavy (non-hydrogen) atoms. The van der Waals surface area contributed by atoms with E-state index in [1.54, 1.807) is 0 Å². The summed E-state index contributed by atoms with van der Waals surface area (Å²) in [6.07, 6.45) is 2.80. The van der Waals surface area contributed by atoms with Crippen molar-refractivity contribution in [1.82, 2.24) is 4.98 Å². The summed E-state index contributed by atoms with van der Waals surface area (Å²) in [7, 11) is 1.40. The van der Waals surface area contributed by atoms with Crippen molar-refractivity contribution in [2.45, 2.75) is 12.8 Å². The molecule has 7 heteroatoms. The highest BCUT2D eigenvalue weighted by atomic mass is 32.1. The molecular weight excluding hydrogens is 256 g/mol. The monoisotopic (exact) mass is 270 g/mol. The molecule has 1 N–H and O–H groups in total. The number of piperidine rings is 1. The molecule has 98 valence electrons. The lowest BCUT2D eigenvalue weighted by molar-refractivity contribution is -0.146. The number of rotatable bonds is 3. The van der Waals surface area contributed by atoms with Gasteiger partial charge in [-0.15, -0.1) is 0 Å². The SMILES string of the molecule is COC(=O)C1CCN(c2ncc(C(=O)O)s2)CC1. The minimum atomic E-state index is -0.955. The van der Waals surface area contributed by atoms with Crippen LogP contribution in [0.3, 0.4) is 0 Å². The van der Waals surface area contributed by atoms with Crippen molar-refractivity contribution in [2.75, 3.05) is 25.1 Å². The van der Waals surface area contributed by atoms with Crippen LogP contribution in [0.5, 0.6) is 0 Å². The maximum atomic E-state index is 11.4. The molecule has 1 fully saturated rings. The Balaban J connectivity index is 1.96. The third-order valence-electron chi connectivity index (χ3n) is 3.00. The maximum absolute atomic E-state index is 11.4. The van der Waals surface area contributed by atoms with Crippen molar-refractivity contribution in [1.29, 1.82) is 0 Å². The maximum Gasteiger partial charge on any atom is 0.347 e. The van der Waals surface area contributed by atoms with Crippen LogP contribution in [-0.4, -0.2) is 42.2 Å². The topological polar surface area (TPSA) is 79.7 Å². The Kier molecular flexibility index (Phi) is 3.81. The number of anilines is 1. The molecule has 1 aromatic heterocycles. The Morgan fingerprint density at radius 3 is 2.67 bits per heavy atom. The van der Waals surface area contributed by atoms with Gasteiger partial charge in [0.15, 0.2) is 5.13 Å². The lowest BCUT2D eigenvalue weighted by Gasteiger charge is -2.30. The number of nitrogens with zero attached hydrogens (tertiary/aromatic N) is 2. The summed E-state index contributed by atoms with van der Waals surface area (Å²) in [5.74, 6) is -1.17. The van der Waals surface area contributed by atoms with E-state index < -0.39 is 5.97 Å². The molecule has 2 heterocycles. The third kappa shape index (κ3) is 2.61. The van der Waals surface area contributed by atoms with E-state index in [4.69, 9.17) is 9.84 Å². The van der Waals surface area contributed by atoms with Gasteiger partial charge in [0.25, 0.3) is 0 Å². The molecule has 2 rings (SSSR count). The number of carbonyl (C=O) groups excluding carboxylic acids is 1. The largest absolute Gasteiger partial charge is 0.477 e. The number of carboxylic acid groups (broad SMARTS) is 1. The highest BCUT2D eigenvalue weighted by Crippen LogP contribution is 2.27. The van der Waals surface area contributed by atoms with Crippen molar-refractivity contribution < 1.29 is 19.4 Å². The Labute approximate surface area is 108 Å². The van der Waals surface area contributed by atoms with E-state index in [1.807, 2.05) is 4.90 Å². The van der Waals surface area contributed by atoms with Crippen LogP contribution in [0.1, 0.15) is 22.5 Å². The molecule has 0 saturated carbocycles. The zero-order valence-electron chi connectivity index (χ0n) is 9.96. The summed E-state index contributed by atoms with van der Waals surface area (Å²) in [6, 6.07) is 0. The van der Waals surface area contributed by atoms with E-state index >= 15 is 0 Å². The number of ether oxygens (including phenoxy) is 1. The zero-order chi connectivity index (χ0) is 13.1. The van der Waals surface area contributed by atoms with Gasteiger partial charge in [-0.05, 0) is 12.8 Å². The second kappa shape index (κ2) is 5.34. The molecule has 0 spiro atoms. The highest BCUT2D eigenvalue weighted by Gasteiger charge is 2.27. The van der Waals surface area contributed by atoms with E-state index in [0.29, 0.717) is 31.1 Å². The lowest BCUT2D eigenvalue weighted by atomic mass is 9.97. The fourth-order valence-electron chi connectivity index (χ4n) is 1.98. The third-order valence-corrected chi connectivity index (χ3v) is 4.05. The second-order valence-corrected chi connectivity index (χ2v) is 5.11. The van der Waals surface area contributed by atoms with Crippen LogP contribution in [0.25, 0.3) is 0 Å². The zero-order valence-corrected chi connectivity index (χ0v) is 10.8. The lowest BCUT2D eigenvalue weighted by Crippen LogP contribution is -2.36. The number of methoxy groups -OCH3 is 1. The number of aromatic carboxylic acids is 1. The molecule has 0 aliphatic carbocycles. The van der Waals surface area contributed by atoms with E-state index in [0.717, 1.165) is 11.3 Å². The normalized spacial score (nSPS) is 16.6. The van der Waals surface area contributed by atoms with Gasteiger partial charge in [-0.1, -0.05) is 11.3 Å². The van der Waals surface area contributed by atoms with E-state index in [1.165, 1.54) is 13.3 Å². The van der Waals surface area contributed by atoms with Gasteiger partial charge in [0.05, 0.1) is 19.2 Å². The first-order valence-corrected chi connectivity index (χ1v) is 6.45. The first-order chi connectivity index (χ1) is 8.61. The molecular formula is C11H14N2O4S. The van der Waals surface area contributed by atoms with Gasteiger partial charge in [-0.2, -0.15) is 0 Å². The molecule has 0 atom stereocenters. The summed E-state index contributed by atoms with van der Waals surface area (Å²) in [5, 5.41) is 9.54. The van der Waals surface area contributed by atoms with Crippen molar-refractivity contribution in [3.05, 3.63) is 11.1 Å². The Hall–Kier alpha value is -1.63. The summed E-state index contributed by atoms with van der Waals surface area (Å²) in [4.78, 5) is 28.5. The van der Waals surface area contributed by atoms with E-state index in [-0.39, 0.29) is 16.8 Å². The number of hydrogen-bond acceptors (Lipinski definition) is 6. The van der Waals surface area contributed by atoms with Gasteiger partial charge in [0.2, 0.25) is 0 Å². The average molecular weight is 270 g/mol. The molecule has 6 nitrogen and oxygen atoms in total. The highest BCUT2D eigenvalue weighted by molar-refractivity contribution is 7.17. The van der Waals surface area contributed by atoms with Gasteiger partial charge in [0.1, 0.15) is 4.88 Å². The molecule has 0 bridgehead atoms. The van der Waals surface area contributed by atoms with Crippen LogP contribution in [0.15, 0.2) is 6.20 Å². The first kappa shape index (κ1) is 12.8. The molecule has 0 radical (unpaired) electrons. The number of thiazole rings is 1. The summed E-state index contributed by atoms with van der Waals surface area (Å²) < 4.78 is 4.72. The molecule has 1 aliphatic heterocycles. The predicted octanol–water partition coefficient (Wildman–Crippen LogP) is 1.23. The van der Waals surface area contributed by atoms with Gasteiger partial charge in [-0.25, -0.2) is 9.78 Å². The summed E-state index contributed by atoms with van der Waals surface area (Å²) in [5.41, 5.74) is 0. The standard InChI is InChI=1S/C11H14N2O4S/c1-17-10(16)7-2-4-13(5-3-7)11-12-6-8(18-11)9(14)15/h6-7H,2-5H2,1H3,(H,14,15). The van der Waals surface area contributed by atoms with Gasteiger partial charge in [0, 0.05) is 13.1 Å². The van der Waals surface area contributed by atoms with Crippen LogP contribution in [0.4, 0.5) is 5.13 Å². The summed E-state index contributed by atoms with van der Waals surface area (Å²) in [6.45, 7) is 1.40. The number of carbonyl (C=O) groups is 2. The van der Waals surface area contributed by atoms with Crippen LogP contribution in [0.2, 0.25) is 0 Å². The molecule has 1 aromatic rings. The van der Waals surface area contributed by atoms with Gasteiger partial charge >= 0.3 is 11.9 Å². The molecule has 0 unspecified atom stereocenters. The van der Waals surface area contributed by atoms with Gasteiger partial charge in [-0.3, -0.25) is 4.79 Å². The van der Waals surface area contributed by atoms with E-state index in [2.05, 4.69) is 4.98 Å². The van der Waals surface area contributed by atoms with Crippen molar-refractivity contribution >= 4 is 28.4 Å². The van der Waals surface area contributed by atoms with Gasteiger partial charge < -0.3 is 14.7 Å². The Morgan fingerprint density at radius 2 is 2.17 bits per heavy atom. The smallest absolute Gasteiger partial charge is 0.347 e. The Morgan fingerprint density at radius 1 is 1.50 bits per heavy atom. The van der Waals surface area contributed by atoms with Crippen molar-refractivity contribution in [3.8, 4) is 0 Å². The van der Waals surface area contributed by atoms with Crippen LogP contribution < -0.4 is 4.90 Å². The molecule has 0 amide bonds. The predicted molar refractivity (Wildman–Crippen MR) is 66.0 cm³/mol. The van der Waals surface area contributed by atoms with Crippen molar-refractivity contribution in [2.24, 2.45) is 5.92 Å². The number of esters is 1. The van der Waals surface area contributed by atoms with Crippen molar-refractivity contribution in [3.63, 3.8) is 0 Å². The second-order valence-electron chi connectivity index (χ2n) is 4.10. The van der Waals surface area contributed by atoms with Crippen LogP contribution in [-0.2, 0) is 9.53 Å². The first-order valence-electron chi connectivity index (χ1n) is 5.63. The minimum Gasteiger partial charge on any atom is -0.477 e.